The van der Waals surface area contributed by atoms with Gasteiger partial charge in [0.15, 0.2) is 11.6 Å². The third kappa shape index (κ3) is 3.22. The van der Waals surface area contributed by atoms with E-state index < -0.39 is 0 Å². The highest BCUT2D eigenvalue weighted by Crippen LogP contribution is 2.22. The minimum Gasteiger partial charge on any atom is -0.351 e. The second kappa shape index (κ2) is 6.30. The van der Waals surface area contributed by atoms with Gasteiger partial charge in [0.1, 0.15) is 0 Å². The van der Waals surface area contributed by atoms with E-state index in [0.29, 0.717) is 24.0 Å². The molecule has 2 heterocycles. The van der Waals surface area contributed by atoms with E-state index in [4.69, 9.17) is 0 Å². The van der Waals surface area contributed by atoms with E-state index in [1.54, 1.807) is 12.3 Å². The molecule has 0 bridgehead atoms. The second-order valence-corrected chi connectivity index (χ2v) is 5.16. The Morgan fingerprint density at radius 3 is 2.95 bits per heavy atom. The highest BCUT2D eigenvalue weighted by Gasteiger charge is 2.24. The fourth-order valence-electron chi connectivity index (χ4n) is 2.33. The van der Waals surface area contributed by atoms with Gasteiger partial charge in [0.2, 0.25) is 0 Å². The maximum absolute atomic E-state index is 14.4. The number of halogens is 1. The van der Waals surface area contributed by atoms with Crippen molar-refractivity contribution in [3.05, 3.63) is 23.6 Å². The molecule has 0 aliphatic carbocycles. The Morgan fingerprint density at radius 2 is 2.26 bits per heavy atom. The standard InChI is InChI=1S/C14H23FN4/c1-4-16-9-12-5-6-17-14(13(12)15)19-8-7-18(3)11(2)10-19/h5-6,11,16H,4,7-10H2,1-3H3. The first-order valence-corrected chi connectivity index (χ1v) is 6.92. The highest BCUT2D eigenvalue weighted by atomic mass is 19.1. The van der Waals surface area contributed by atoms with Gasteiger partial charge in [0.05, 0.1) is 0 Å². The zero-order valence-corrected chi connectivity index (χ0v) is 12.0. The first kappa shape index (κ1) is 14.2. The molecule has 1 aromatic rings. The van der Waals surface area contributed by atoms with Gasteiger partial charge >= 0.3 is 0 Å². The lowest BCUT2D eigenvalue weighted by molar-refractivity contribution is 0.232. The lowest BCUT2D eigenvalue weighted by Crippen LogP contribution is -2.50. The van der Waals surface area contributed by atoms with Crippen molar-refractivity contribution in [3.63, 3.8) is 0 Å². The zero-order chi connectivity index (χ0) is 13.8. The summed E-state index contributed by atoms with van der Waals surface area (Å²) in [5.41, 5.74) is 0.693. The van der Waals surface area contributed by atoms with Crippen LogP contribution in [0.25, 0.3) is 0 Å². The minimum atomic E-state index is -0.180. The molecule has 0 amide bonds. The van der Waals surface area contributed by atoms with Crippen LogP contribution in [0.1, 0.15) is 19.4 Å². The summed E-state index contributed by atoms with van der Waals surface area (Å²) < 4.78 is 14.4. The SMILES string of the molecule is CCNCc1ccnc(N2CCN(C)C(C)C2)c1F. The zero-order valence-electron chi connectivity index (χ0n) is 12.0. The Balaban J connectivity index is 2.16. The van der Waals surface area contributed by atoms with Crippen LogP contribution < -0.4 is 10.2 Å². The predicted molar refractivity (Wildman–Crippen MR) is 75.9 cm³/mol. The van der Waals surface area contributed by atoms with Gasteiger partial charge in [-0.3, -0.25) is 0 Å². The molecule has 1 aromatic heterocycles. The van der Waals surface area contributed by atoms with Crippen LogP contribution in [0.4, 0.5) is 10.2 Å². The number of pyridine rings is 1. The van der Waals surface area contributed by atoms with Crippen molar-refractivity contribution in [2.75, 3.05) is 38.1 Å². The van der Waals surface area contributed by atoms with Crippen molar-refractivity contribution in [1.29, 1.82) is 0 Å². The number of rotatable bonds is 4. The van der Waals surface area contributed by atoms with Crippen LogP contribution in [0, 0.1) is 5.82 Å². The maximum atomic E-state index is 14.4. The average Bonchev–Trinajstić information content (AvgIpc) is 2.41. The van der Waals surface area contributed by atoms with Crippen molar-refractivity contribution < 1.29 is 4.39 Å². The summed E-state index contributed by atoms with van der Waals surface area (Å²) in [6.07, 6.45) is 1.70. The number of piperazine rings is 1. The van der Waals surface area contributed by atoms with E-state index in [0.717, 1.165) is 26.2 Å². The molecule has 4 nitrogen and oxygen atoms in total. The molecular formula is C14H23FN4. The van der Waals surface area contributed by atoms with Gasteiger partial charge in [-0.25, -0.2) is 9.37 Å². The molecule has 0 radical (unpaired) electrons. The molecule has 1 aliphatic rings. The summed E-state index contributed by atoms with van der Waals surface area (Å²) in [5, 5.41) is 3.16. The summed E-state index contributed by atoms with van der Waals surface area (Å²) in [4.78, 5) is 8.57. The van der Waals surface area contributed by atoms with Gasteiger partial charge in [0, 0.05) is 44.0 Å². The van der Waals surface area contributed by atoms with Crippen molar-refractivity contribution in [2.45, 2.75) is 26.4 Å². The maximum Gasteiger partial charge on any atom is 0.170 e. The highest BCUT2D eigenvalue weighted by molar-refractivity contribution is 5.43. The number of nitrogens with one attached hydrogen (secondary N) is 1. The molecule has 0 aromatic carbocycles. The van der Waals surface area contributed by atoms with E-state index in [2.05, 4.69) is 34.1 Å². The first-order valence-electron chi connectivity index (χ1n) is 6.92. The number of anilines is 1. The summed E-state index contributed by atoms with van der Waals surface area (Å²) in [7, 11) is 2.10. The van der Waals surface area contributed by atoms with Crippen LogP contribution >= 0.6 is 0 Å². The molecule has 1 atom stereocenters. The van der Waals surface area contributed by atoms with Crippen LogP contribution in [0.5, 0.6) is 0 Å². The van der Waals surface area contributed by atoms with Crippen LogP contribution in [0.2, 0.25) is 0 Å². The van der Waals surface area contributed by atoms with Crippen molar-refractivity contribution in [3.8, 4) is 0 Å². The van der Waals surface area contributed by atoms with Gasteiger partial charge < -0.3 is 15.1 Å². The van der Waals surface area contributed by atoms with Crippen LogP contribution in [0.15, 0.2) is 12.3 Å². The van der Waals surface area contributed by atoms with Gasteiger partial charge in [-0.2, -0.15) is 0 Å². The Morgan fingerprint density at radius 1 is 1.47 bits per heavy atom. The number of nitrogens with zero attached hydrogens (tertiary/aromatic N) is 3. The number of aromatic nitrogens is 1. The van der Waals surface area contributed by atoms with Gasteiger partial charge in [-0.1, -0.05) is 6.92 Å². The molecule has 1 saturated heterocycles. The fraction of sp³-hybridized carbons (Fsp3) is 0.643. The first-order chi connectivity index (χ1) is 9.13. The fourth-order valence-corrected chi connectivity index (χ4v) is 2.33. The molecule has 1 aliphatic heterocycles. The predicted octanol–water partition coefficient (Wildman–Crippen LogP) is 1.47. The molecule has 1 fully saturated rings. The van der Waals surface area contributed by atoms with Crippen molar-refractivity contribution in [2.24, 2.45) is 0 Å². The third-order valence-electron chi connectivity index (χ3n) is 3.78. The molecule has 1 N–H and O–H groups in total. The monoisotopic (exact) mass is 266 g/mol. The van der Waals surface area contributed by atoms with E-state index >= 15 is 0 Å². The molecule has 0 saturated carbocycles. The average molecular weight is 266 g/mol. The van der Waals surface area contributed by atoms with Crippen molar-refractivity contribution >= 4 is 5.82 Å². The van der Waals surface area contributed by atoms with Crippen LogP contribution in [-0.4, -0.2) is 49.2 Å². The number of likely N-dealkylation sites (N-methyl/N-ethyl adjacent to an activating group) is 1. The number of hydrogen-bond acceptors (Lipinski definition) is 4. The smallest absolute Gasteiger partial charge is 0.170 e. The Kier molecular flexibility index (Phi) is 4.71. The van der Waals surface area contributed by atoms with Crippen LogP contribution in [0.3, 0.4) is 0 Å². The van der Waals surface area contributed by atoms with Gasteiger partial charge in [-0.05, 0) is 26.6 Å². The topological polar surface area (TPSA) is 31.4 Å². The summed E-state index contributed by atoms with van der Waals surface area (Å²) in [5.74, 6) is 0.315. The lowest BCUT2D eigenvalue weighted by atomic mass is 10.2. The Labute approximate surface area is 114 Å². The molecule has 106 valence electrons. The van der Waals surface area contributed by atoms with E-state index in [1.165, 1.54) is 0 Å². The largest absolute Gasteiger partial charge is 0.351 e. The lowest BCUT2D eigenvalue weighted by Gasteiger charge is -2.38. The molecule has 2 rings (SSSR count). The van der Waals surface area contributed by atoms with Crippen molar-refractivity contribution in [1.82, 2.24) is 15.2 Å². The molecule has 1 unspecified atom stereocenters. The normalized spacial score (nSPS) is 20.8. The minimum absolute atomic E-state index is 0.180. The van der Waals surface area contributed by atoms with E-state index in [1.807, 2.05) is 6.92 Å². The Hall–Kier alpha value is -1.20. The summed E-state index contributed by atoms with van der Waals surface area (Å²) >= 11 is 0. The van der Waals surface area contributed by atoms with Gasteiger partial charge in [0.25, 0.3) is 0 Å². The summed E-state index contributed by atoms with van der Waals surface area (Å²) in [6, 6.07) is 2.17. The van der Waals surface area contributed by atoms with Gasteiger partial charge in [-0.15, -0.1) is 0 Å². The quantitative estimate of drug-likeness (QED) is 0.894. The van der Waals surface area contributed by atoms with E-state index in [-0.39, 0.29) is 5.82 Å². The van der Waals surface area contributed by atoms with Crippen LogP contribution in [-0.2, 0) is 6.54 Å². The Bertz CT molecular complexity index is 424. The molecular weight excluding hydrogens is 243 g/mol. The third-order valence-corrected chi connectivity index (χ3v) is 3.78. The molecule has 19 heavy (non-hydrogen) atoms. The molecule has 5 heteroatoms. The molecule has 0 spiro atoms. The van der Waals surface area contributed by atoms with E-state index in [9.17, 15) is 4.39 Å². The summed E-state index contributed by atoms with van der Waals surface area (Å²) in [6.45, 7) is 8.17. The second-order valence-electron chi connectivity index (χ2n) is 5.16. The number of hydrogen-bond donors (Lipinski definition) is 1.